The van der Waals surface area contributed by atoms with E-state index < -0.39 is 23.8 Å². The molecule has 0 bridgehead atoms. The molecule has 1 heterocycles. The normalized spacial score (nSPS) is 14.4. The van der Waals surface area contributed by atoms with Crippen LogP contribution in [0.15, 0.2) is 10.5 Å². The summed E-state index contributed by atoms with van der Waals surface area (Å²) in [6, 6.07) is 1.50. The second-order valence-electron chi connectivity index (χ2n) is 6.71. The average Bonchev–Trinajstić information content (AvgIpc) is 3.36. The molecule has 1 amide bonds. The Labute approximate surface area is 197 Å². The maximum absolute atomic E-state index is 13.2. The number of benzene rings is 1. The molecule has 1 N–H and O–H groups in total. The van der Waals surface area contributed by atoms with E-state index in [4.69, 9.17) is 23.7 Å². The fourth-order valence-electron chi connectivity index (χ4n) is 3.69. The first-order valence-corrected chi connectivity index (χ1v) is 11.0. The first kappa shape index (κ1) is 23.9. The molecular formula is C21H22BrNO8S. The van der Waals surface area contributed by atoms with Crippen LogP contribution in [0.1, 0.15) is 43.5 Å². The lowest BCUT2D eigenvalue weighted by Crippen LogP contribution is -2.18. The van der Waals surface area contributed by atoms with Crippen LogP contribution in [0.2, 0.25) is 0 Å². The van der Waals surface area contributed by atoms with Crippen LogP contribution in [0.4, 0.5) is 5.00 Å². The highest BCUT2D eigenvalue weighted by atomic mass is 79.9. The molecule has 11 heteroatoms. The van der Waals surface area contributed by atoms with Crippen molar-refractivity contribution in [2.45, 2.75) is 18.8 Å². The van der Waals surface area contributed by atoms with Crippen molar-refractivity contribution in [3.05, 3.63) is 32.1 Å². The molecule has 2 aromatic rings. The van der Waals surface area contributed by atoms with Crippen LogP contribution < -0.4 is 19.5 Å². The lowest BCUT2D eigenvalue weighted by atomic mass is 9.99. The average molecular weight is 528 g/mol. The molecule has 1 aromatic heterocycles. The van der Waals surface area contributed by atoms with Gasteiger partial charge in [0.05, 0.1) is 57.1 Å². The third-order valence-corrected chi connectivity index (χ3v) is 7.11. The molecule has 1 unspecified atom stereocenters. The minimum absolute atomic E-state index is 0.164. The molecule has 172 valence electrons. The Morgan fingerprint density at radius 3 is 2.28 bits per heavy atom. The quantitative estimate of drug-likeness (QED) is 0.541. The summed E-state index contributed by atoms with van der Waals surface area (Å²) in [5, 5.41) is 3.07. The smallest absolute Gasteiger partial charge is 0.341 e. The van der Waals surface area contributed by atoms with Gasteiger partial charge in [-0.2, -0.15) is 0 Å². The van der Waals surface area contributed by atoms with Gasteiger partial charge in [-0.15, -0.1) is 11.3 Å². The number of carbonyl (C=O) groups is 3. The van der Waals surface area contributed by atoms with Gasteiger partial charge in [0, 0.05) is 4.88 Å². The molecule has 0 aliphatic heterocycles. The molecule has 0 spiro atoms. The van der Waals surface area contributed by atoms with Gasteiger partial charge in [-0.05, 0) is 40.4 Å². The van der Waals surface area contributed by atoms with Gasteiger partial charge in [0.1, 0.15) is 5.00 Å². The number of rotatable bonds is 7. The lowest BCUT2D eigenvalue weighted by molar-refractivity contribution is -0.142. The van der Waals surface area contributed by atoms with E-state index in [0.717, 1.165) is 4.88 Å². The van der Waals surface area contributed by atoms with Crippen LogP contribution in [0, 0.1) is 0 Å². The van der Waals surface area contributed by atoms with Gasteiger partial charge >= 0.3 is 11.9 Å². The monoisotopic (exact) mass is 527 g/mol. The number of fused-ring (bicyclic) bond motifs is 1. The zero-order chi connectivity index (χ0) is 23.6. The molecule has 3 rings (SSSR count). The predicted octanol–water partition coefficient (Wildman–Crippen LogP) is 3.78. The fourth-order valence-corrected chi connectivity index (χ4v) is 5.59. The number of hydrogen-bond acceptors (Lipinski definition) is 9. The molecular weight excluding hydrogens is 506 g/mol. The van der Waals surface area contributed by atoms with Gasteiger partial charge in [-0.3, -0.25) is 9.59 Å². The van der Waals surface area contributed by atoms with E-state index in [0.29, 0.717) is 39.4 Å². The van der Waals surface area contributed by atoms with Crippen LogP contribution in [-0.2, 0) is 20.7 Å². The SMILES string of the molecule is COC(=O)c1c(NC(=O)c2cc(OC)c(OC)c(OC)c2Br)sc2c1C(C(=O)OC)CC2. The Balaban J connectivity index is 2.06. The standard InChI is InChI=1S/C21H22BrNO8S/c1-27-11-8-10(15(22)17(29-3)16(11)28-2)18(24)23-19-14(21(26)31-5)13-9(20(25)30-4)6-7-12(13)32-19/h8-9H,6-7H2,1-5H3,(H,23,24). The largest absolute Gasteiger partial charge is 0.493 e. The molecule has 1 atom stereocenters. The van der Waals surface area contributed by atoms with Crippen molar-refractivity contribution in [1.29, 1.82) is 0 Å². The lowest BCUT2D eigenvalue weighted by Gasteiger charge is -2.16. The highest BCUT2D eigenvalue weighted by Crippen LogP contribution is 2.47. The Morgan fingerprint density at radius 1 is 1.03 bits per heavy atom. The fraction of sp³-hybridized carbons (Fsp3) is 0.381. The Morgan fingerprint density at radius 2 is 1.72 bits per heavy atom. The summed E-state index contributed by atoms with van der Waals surface area (Å²) < 4.78 is 26.2. The summed E-state index contributed by atoms with van der Waals surface area (Å²) in [4.78, 5) is 38.9. The molecule has 1 aliphatic rings. The number of hydrogen-bond donors (Lipinski definition) is 1. The van der Waals surface area contributed by atoms with Crippen LogP contribution >= 0.6 is 27.3 Å². The van der Waals surface area contributed by atoms with E-state index in [-0.39, 0.29) is 16.9 Å². The summed E-state index contributed by atoms with van der Waals surface area (Å²) in [6.07, 6.45) is 1.12. The Hall–Kier alpha value is -2.79. The zero-order valence-corrected chi connectivity index (χ0v) is 20.5. The van der Waals surface area contributed by atoms with Gasteiger partial charge in [-0.1, -0.05) is 0 Å². The summed E-state index contributed by atoms with van der Waals surface area (Å²) in [6.45, 7) is 0. The maximum Gasteiger partial charge on any atom is 0.341 e. The predicted molar refractivity (Wildman–Crippen MR) is 120 cm³/mol. The van der Waals surface area contributed by atoms with E-state index in [1.165, 1.54) is 53.0 Å². The van der Waals surface area contributed by atoms with Crippen molar-refractivity contribution in [1.82, 2.24) is 0 Å². The molecule has 0 saturated carbocycles. The first-order valence-electron chi connectivity index (χ1n) is 9.44. The number of aryl methyl sites for hydroxylation is 1. The topological polar surface area (TPSA) is 109 Å². The second kappa shape index (κ2) is 9.78. The van der Waals surface area contributed by atoms with Crippen molar-refractivity contribution in [2.24, 2.45) is 0 Å². The van der Waals surface area contributed by atoms with E-state index >= 15 is 0 Å². The van der Waals surface area contributed by atoms with Crippen LogP contribution in [-0.4, -0.2) is 53.4 Å². The molecule has 0 saturated heterocycles. The summed E-state index contributed by atoms with van der Waals surface area (Å²) in [7, 11) is 6.89. The van der Waals surface area contributed by atoms with Gasteiger partial charge in [0.2, 0.25) is 5.75 Å². The number of carbonyl (C=O) groups excluding carboxylic acids is 3. The van der Waals surface area contributed by atoms with Crippen LogP contribution in [0.5, 0.6) is 17.2 Å². The highest BCUT2D eigenvalue weighted by Gasteiger charge is 2.38. The number of thiophene rings is 1. The summed E-state index contributed by atoms with van der Waals surface area (Å²) in [5.74, 6) is -1.27. The first-order chi connectivity index (χ1) is 15.3. The number of nitrogens with one attached hydrogen (secondary N) is 1. The maximum atomic E-state index is 13.2. The van der Waals surface area contributed by atoms with Gasteiger partial charge in [0.25, 0.3) is 5.91 Å². The van der Waals surface area contributed by atoms with E-state index in [1.807, 2.05) is 0 Å². The molecule has 0 fully saturated rings. The zero-order valence-electron chi connectivity index (χ0n) is 18.1. The number of esters is 2. The third kappa shape index (κ3) is 4.02. The van der Waals surface area contributed by atoms with Gasteiger partial charge < -0.3 is 29.0 Å². The number of amides is 1. The highest BCUT2D eigenvalue weighted by molar-refractivity contribution is 9.10. The van der Waals surface area contributed by atoms with Crippen molar-refractivity contribution < 1.29 is 38.1 Å². The van der Waals surface area contributed by atoms with Crippen molar-refractivity contribution in [2.75, 3.05) is 40.9 Å². The molecule has 9 nitrogen and oxygen atoms in total. The van der Waals surface area contributed by atoms with Crippen LogP contribution in [0.25, 0.3) is 0 Å². The summed E-state index contributed by atoms with van der Waals surface area (Å²) >= 11 is 4.62. The van der Waals surface area contributed by atoms with Gasteiger partial charge in [0.15, 0.2) is 11.5 Å². The van der Waals surface area contributed by atoms with E-state index in [2.05, 4.69) is 21.2 Å². The third-order valence-electron chi connectivity index (χ3n) is 5.15. The van der Waals surface area contributed by atoms with E-state index in [1.54, 1.807) is 0 Å². The van der Waals surface area contributed by atoms with Crippen molar-refractivity contribution >= 4 is 50.1 Å². The van der Waals surface area contributed by atoms with Crippen molar-refractivity contribution in [3.63, 3.8) is 0 Å². The van der Waals surface area contributed by atoms with E-state index in [9.17, 15) is 14.4 Å². The molecule has 32 heavy (non-hydrogen) atoms. The Kier molecular flexibility index (Phi) is 7.29. The second-order valence-corrected chi connectivity index (χ2v) is 8.61. The minimum Gasteiger partial charge on any atom is -0.493 e. The van der Waals surface area contributed by atoms with Gasteiger partial charge in [-0.25, -0.2) is 4.79 Å². The molecule has 1 aromatic carbocycles. The number of methoxy groups -OCH3 is 5. The number of halogens is 1. The van der Waals surface area contributed by atoms with Crippen LogP contribution in [0.3, 0.4) is 0 Å². The molecule has 1 aliphatic carbocycles. The minimum atomic E-state index is -0.641. The van der Waals surface area contributed by atoms with Crippen molar-refractivity contribution in [3.8, 4) is 17.2 Å². The Bertz CT molecular complexity index is 1080. The summed E-state index contributed by atoms with van der Waals surface area (Å²) in [5.41, 5.74) is 0.915. The number of ether oxygens (including phenoxy) is 5. The number of anilines is 1. The molecule has 0 radical (unpaired) electrons.